The third-order valence-electron chi connectivity index (χ3n) is 4.20. The van der Waals surface area contributed by atoms with Gasteiger partial charge in [0.25, 0.3) is 5.91 Å². The molecule has 0 aliphatic heterocycles. The van der Waals surface area contributed by atoms with Crippen LogP contribution in [0.1, 0.15) is 16.1 Å². The number of carbonyl (C=O) groups is 1. The summed E-state index contributed by atoms with van der Waals surface area (Å²) in [5.74, 6) is -0.283. The van der Waals surface area contributed by atoms with Crippen LogP contribution in [0.15, 0.2) is 66.0 Å². The second-order valence-corrected chi connectivity index (χ2v) is 7.38. The minimum absolute atomic E-state index is 0.283. The number of nitrogens with one attached hydrogen (secondary N) is 2. The van der Waals surface area contributed by atoms with Gasteiger partial charge in [-0.05, 0) is 41.5 Å². The molecule has 0 saturated heterocycles. The van der Waals surface area contributed by atoms with E-state index in [9.17, 15) is 4.79 Å². The van der Waals surface area contributed by atoms with E-state index in [2.05, 4.69) is 39.9 Å². The van der Waals surface area contributed by atoms with Crippen molar-refractivity contribution in [3.8, 4) is 0 Å². The first-order valence-electron chi connectivity index (χ1n) is 8.38. The van der Waals surface area contributed by atoms with Crippen molar-refractivity contribution in [3.05, 3.63) is 82.3 Å². The molecule has 4 rings (SSSR count). The molecule has 0 unspecified atom stereocenters. The van der Waals surface area contributed by atoms with Crippen LogP contribution in [0.4, 0.5) is 16.5 Å². The highest BCUT2D eigenvalue weighted by atomic mass is 35.5. The lowest BCUT2D eigenvalue weighted by Crippen LogP contribution is -2.13. The van der Waals surface area contributed by atoms with E-state index in [-0.39, 0.29) is 5.91 Å². The Labute approximate surface area is 165 Å². The summed E-state index contributed by atoms with van der Waals surface area (Å²) in [6, 6.07) is 19.8. The molecule has 1 aromatic heterocycles. The Morgan fingerprint density at radius 3 is 2.67 bits per heavy atom. The molecule has 0 spiro atoms. The van der Waals surface area contributed by atoms with Gasteiger partial charge in [0.05, 0.1) is 10.7 Å². The number of thiazole rings is 1. The lowest BCUT2D eigenvalue weighted by Gasteiger charge is -2.08. The van der Waals surface area contributed by atoms with Crippen LogP contribution in [0.2, 0.25) is 5.02 Å². The fourth-order valence-corrected chi connectivity index (χ4v) is 3.77. The molecule has 6 heteroatoms. The predicted octanol–water partition coefficient (Wildman–Crippen LogP) is 6.25. The van der Waals surface area contributed by atoms with E-state index in [1.807, 2.05) is 37.3 Å². The van der Waals surface area contributed by atoms with E-state index in [4.69, 9.17) is 11.6 Å². The van der Waals surface area contributed by atoms with E-state index in [1.54, 1.807) is 11.4 Å². The zero-order valence-corrected chi connectivity index (χ0v) is 16.1. The van der Waals surface area contributed by atoms with Crippen LogP contribution in [0.25, 0.3) is 10.8 Å². The van der Waals surface area contributed by atoms with Crippen LogP contribution >= 0.6 is 22.9 Å². The van der Waals surface area contributed by atoms with Crippen LogP contribution in [0.5, 0.6) is 0 Å². The molecule has 1 heterocycles. The summed E-state index contributed by atoms with van der Waals surface area (Å²) < 4.78 is 0. The molecule has 0 saturated carbocycles. The third kappa shape index (κ3) is 3.79. The number of carbonyl (C=O) groups excluding carboxylic acids is 1. The lowest BCUT2D eigenvalue weighted by atomic mass is 10.1. The van der Waals surface area contributed by atoms with Crippen molar-refractivity contribution in [2.75, 3.05) is 10.6 Å². The van der Waals surface area contributed by atoms with Crippen molar-refractivity contribution in [3.63, 3.8) is 0 Å². The van der Waals surface area contributed by atoms with Crippen molar-refractivity contribution in [1.29, 1.82) is 0 Å². The number of aryl methyl sites for hydroxylation is 1. The van der Waals surface area contributed by atoms with Crippen LogP contribution in [-0.2, 0) is 0 Å². The molecule has 0 fully saturated rings. The summed E-state index contributed by atoms with van der Waals surface area (Å²) >= 11 is 7.56. The van der Waals surface area contributed by atoms with Gasteiger partial charge >= 0.3 is 0 Å². The van der Waals surface area contributed by atoms with Crippen LogP contribution in [0, 0.1) is 6.92 Å². The summed E-state index contributed by atoms with van der Waals surface area (Å²) in [6.45, 7) is 1.90. The summed E-state index contributed by atoms with van der Waals surface area (Å²) in [6.07, 6.45) is 0. The maximum Gasteiger partial charge on any atom is 0.275 e. The third-order valence-corrected chi connectivity index (χ3v) is 5.27. The zero-order valence-electron chi connectivity index (χ0n) is 14.5. The van der Waals surface area contributed by atoms with E-state index < -0.39 is 0 Å². The molecule has 0 aliphatic rings. The minimum Gasteiger partial charge on any atom is -0.332 e. The first-order chi connectivity index (χ1) is 13.1. The molecule has 0 aliphatic carbocycles. The van der Waals surface area contributed by atoms with Gasteiger partial charge in [0.15, 0.2) is 5.13 Å². The highest BCUT2D eigenvalue weighted by Crippen LogP contribution is 2.27. The normalized spacial score (nSPS) is 10.7. The standard InChI is InChI=1S/C21H16ClN3OS/c1-13-5-4-8-17(22)19(13)25-20(26)18-12-27-21(24-18)23-16-10-9-14-6-2-3-7-15(14)11-16/h2-12H,1H3,(H,23,24)(H,25,26). The predicted molar refractivity (Wildman–Crippen MR) is 113 cm³/mol. The second kappa shape index (κ2) is 7.39. The summed E-state index contributed by atoms with van der Waals surface area (Å²) in [5.41, 5.74) is 2.79. The number of amides is 1. The molecule has 0 bridgehead atoms. The maximum atomic E-state index is 12.5. The number of fused-ring (bicyclic) bond motifs is 1. The highest BCUT2D eigenvalue weighted by molar-refractivity contribution is 7.14. The van der Waals surface area contributed by atoms with Gasteiger partial charge in [0.2, 0.25) is 0 Å². The first kappa shape index (κ1) is 17.5. The Balaban J connectivity index is 1.51. The summed E-state index contributed by atoms with van der Waals surface area (Å²) in [7, 11) is 0. The number of nitrogens with zero attached hydrogens (tertiary/aromatic N) is 1. The molecule has 2 N–H and O–H groups in total. The Bertz CT molecular complexity index is 1120. The lowest BCUT2D eigenvalue weighted by molar-refractivity contribution is 0.102. The number of aromatic nitrogens is 1. The van der Waals surface area contributed by atoms with Gasteiger partial charge in [-0.2, -0.15) is 0 Å². The molecule has 1 amide bonds. The SMILES string of the molecule is Cc1cccc(Cl)c1NC(=O)c1csc(Nc2ccc3ccccc3c2)n1. The molecule has 4 nitrogen and oxygen atoms in total. The largest absolute Gasteiger partial charge is 0.332 e. The van der Waals surface area contributed by atoms with Crippen LogP contribution in [0.3, 0.4) is 0 Å². The number of anilines is 3. The Hall–Kier alpha value is -2.89. The number of hydrogen-bond donors (Lipinski definition) is 2. The van der Waals surface area contributed by atoms with E-state index in [0.29, 0.717) is 21.5 Å². The number of hydrogen-bond acceptors (Lipinski definition) is 4. The fourth-order valence-electron chi connectivity index (χ4n) is 2.79. The Morgan fingerprint density at radius 2 is 1.85 bits per heavy atom. The van der Waals surface area contributed by atoms with Crippen molar-refractivity contribution >= 4 is 56.1 Å². The summed E-state index contributed by atoms with van der Waals surface area (Å²) in [5, 5.41) is 11.3. The molecular formula is C21H16ClN3OS. The number of para-hydroxylation sites is 1. The van der Waals surface area contributed by atoms with Crippen molar-refractivity contribution in [2.45, 2.75) is 6.92 Å². The topological polar surface area (TPSA) is 54.0 Å². The minimum atomic E-state index is -0.283. The Morgan fingerprint density at radius 1 is 1.04 bits per heavy atom. The van der Waals surface area contributed by atoms with E-state index in [1.165, 1.54) is 16.7 Å². The maximum absolute atomic E-state index is 12.5. The molecular weight excluding hydrogens is 378 g/mol. The van der Waals surface area contributed by atoms with E-state index >= 15 is 0 Å². The first-order valence-corrected chi connectivity index (χ1v) is 9.64. The Kier molecular flexibility index (Phi) is 4.79. The van der Waals surface area contributed by atoms with Crippen molar-refractivity contribution < 1.29 is 4.79 Å². The smallest absolute Gasteiger partial charge is 0.275 e. The average Bonchev–Trinajstić information content (AvgIpc) is 3.13. The number of benzene rings is 3. The fraction of sp³-hybridized carbons (Fsp3) is 0.0476. The molecule has 0 atom stereocenters. The monoisotopic (exact) mass is 393 g/mol. The summed E-state index contributed by atoms with van der Waals surface area (Å²) in [4.78, 5) is 16.9. The van der Waals surface area contributed by atoms with Crippen molar-refractivity contribution in [2.24, 2.45) is 0 Å². The van der Waals surface area contributed by atoms with Crippen LogP contribution in [-0.4, -0.2) is 10.9 Å². The van der Waals surface area contributed by atoms with Gasteiger partial charge in [0, 0.05) is 11.1 Å². The molecule has 134 valence electrons. The van der Waals surface area contributed by atoms with Crippen molar-refractivity contribution in [1.82, 2.24) is 4.98 Å². The van der Waals surface area contributed by atoms with E-state index in [0.717, 1.165) is 16.6 Å². The van der Waals surface area contributed by atoms with Gasteiger partial charge in [0.1, 0.15) is 5.69 Å². The molecule has 4 aromatic rings. The van der Waals surface area contributed by atoms with Gasteiger partial charge in [-0.1, -0.05) is 54.1 Å². The number of rotatable bonds is 4. The van der Waals surface area contributed by atoms with Crippen LogP contribution < -0.4 is 10.6 Å². The average molecular weight is 394 g/mol. The quantitative estimate of drug-likeness (QED) is 0.430. The van der Waals surface area contributed by atoms with Gasteiger partial charge in [-0.15, -0.1) is 11.3 Å². The zero-order chi connectivity index (χ0) is 18.8. The molecule has 0 radical (unpaired) electrons. The molecule has 3 aromatic carbocycles. The van der Waals surface area contributed by atoms with Gasteiger partial charge < -0.3 is 10.6 Å². The van der Waals surface area contributed by atoms with Gasteiger partial charge in [-0.3, -0.25) is 4.79 Å². The second-order valence-electron chi connectivity index (χ2n) is 6.11. The van der Waals surface area contributed by atoms with Gasteiger partial charge in [-0.25, -0.2) is 4.98 Å². The highest BCUT2D eigenvalue weighted by Gasteiger charge is 2.14. The molecule has 27 heavy (non-hydrogen) atoms. The number of halogens is 1.